The summed E-state index contributed by atoms with van der Waals surface area (Å²) >= 11 is 0. The van der Waals surface area contributed by atoms with Crippen molar-refractivity contribution >= 4 is 40.0 Å². The maximum Gasteiger partial charge on any atom is 0.215 e. The van der Waals surface area contributed by atoms with E-state index in [9.17, 15) is 8.42 Å². The third kappa shape index (κ3) is 6.70. The molecule has 0 amide bonds. The maximum atomic E-state index is 11.7. The fourth-order valence-corrected chi connectivity index (χ4v) is 3.89. The van der Waals surface area contributed by atoms with Crippen molar-refractivity contribution in [3.05, 3.63) is 35.4 Å². The largest absolute Gasteiger partial charge is 0.356 e. The molecule has 1 fully saturated rings. The minimum absolute atomic E-state index is 0. The second kappa shape index (κ2) is 10.5. The van der Waals surface area contributed by atoms with E-state index in [0.29, 0.717) is 12.0 Å². The number of nitrogens with one attached hydrogen (secondary N) is 3. The molecular weight excluding hydrogens is 463 g/mol. The molecule has 1 aromatic carbocycles. The molecule has 0 aliphatic heterocycles. The van der Waals surface area contributed by atoms with Gasteiger partial charge in [-0.3, -0.25) is 4.99 Å². The lowest BCUT2D eigenvalue weighted by atomic mass is 9.67. The van der Waals surface area contributed by atoms with Crippen LogP contribution in [0.5, 0.6) is 0 Å². The standard InChI is InChI=1S/C18H30N4O2S.HI/c1-4-18(9-6-10-18)14-22-17(19-2)21-12-15-7-5-8-16(11-15)13-25(23,24)20-3;/h5,7-8,11,20H,4,6,9-10,12-14H2,1-3H3,(H2,19,21,22);1H. The molecule has 8 heteroatoms. The summed E-state index contributed by atoms with van der Waals surface area (Å²) in [5.74, 6) is 0.775. The Hall–Kier alpha value is -0.870. The van der Waals surface area contributed by atoms with E-state index in [1.165, 1.54) is 32.7 Å². The zero-order valence-electron chi connectivity index (χ0n) is 15.8. The van der Waals surface area contributed by atoms with Gasteiger partial charge in [0.2, 0.25) is 10.0 Å². The van der Waals surface area contributed by atoms with Gasteiger partial charge in [-0.2, -0.15) is 0 Å². The second-order valence-corrected chi connectivity index (χ2v) is 8.70. The van der Waals surface area contributed by atoms with E-state index in [1.807, 2.05) is 24.3 Å². The molecule has 3 N–H and O–H groups in total. The number of benzene rings is 1. The van der Waals surface area contributed by atoms with E-state index in [4.69, 9.17) is 0 Å². The van der Waals surface area contributed by atoms with Gasteiger partial charge in [-0.05, 0) is 42.9 Å². The predicted octanol–water partition coefficient (Wildman–Crippen LogP) is 2.60. The van der Waals surface area contributed by atoms with Gasteiger partial charge >= 0.3 is 0 Å². The van der Waals surface area contributed by atoms with Gasteiger partial charge in [-0.15, -0.1) is 24.0 Å². The minimum atomic E-state index is -3.26. The minimum Gasteiger partial charge on any atom is -0.356 e. The highest BCUT2D eigenvalue weighted by Crippen LogP contribution is 2.42. The number of hydrogen-bond donors (Lipinski definition) is 3. The van der Waals surface area contributed by atoms with Crippen molar-refractivity contribution in [1.29, 1.82) is 0 Å². The molecule has 0 spiro atoms. The molecule has 0 radical (unpaired) electrons. The summed E-state index contributed by atoms with van der Waals surface area (Å²) in [5.41, 5.74) is 2.23. The molecule has 0 bridgehead atoms. The molecule has 0 heterocycles. The molecule has 1 aliphatic carbocycles. The summed E-state index contributed by atoms with van der Waals surface area (Å²) in [7, 11) is -0.0555. The molecule has 1 aromatic rings. The van der Waals surface area contributed by atoms with Crippen LogP contribution >= 0.6 is 24.0 Å². The second-order valence-electron chi connectivity index (χ2n) is 6.77. The Labute approximate surface area is 174 Å². The summed E-state index contributed by atoms with van der Waals surface area (Å²) in [6.45, 7) is 3.80. The van der Waals surface area contributed by atoms with Crippen LogP contribution in [-0.4, -0.2) is 35.0 Å². The first-order valence-corrected chi connectivity index (χ1v) is 10.5. The lowest BCUT2D eigenvalue weighted by molar-refractivity contribution is 0.131. The lowest BCUT2D eigenvalue weighted by Gasteiger charge is -2.41. The number of guanidine groups is 1. The van der Waals surface area contributed by atoms with Crippen LogP contribution in [0.4, 0.5) is 0 Å². The summed E-state index contributed by atoms with van der Waals surface area (Å²) in [6, 6.07) is 7.60. The van der Waals surface area contributed by atoms with Gasteiger partial charge in [0.25, 0.3) is 0 Å². The van der Waals surface area contributed by atoms with Crippen molar-refractivity contribution in [2.45, 2.75) is 44.9 Å². The van der Waals surface area contributed by atoms with Gasteiger partial charge in [-0.25, -0.2) is 13.1 Å². The molecule has 26 heavy (non-hydrogen) atoms. The van der Waals surface area contributed by atoms with Gasteiger partial charge < -0.3 is 10.6 Å². The summed E-state index contributed by atoms with van der Waals surface area (Å²) in [4.78, 5) is 4.28. The smallest absolute Gasteiger partial charge is 0.215 e. The van der Waals surface area contributed by atoms with E-state index in [-0.39, 0.29) is 29.7 Å². The molecule has 0 aromatic heterocycles. The zero-order valence-corrected chi connectivity index (χ0v) is 19.0. The van der Waals surface area contributed by atoms with Crippen LogP contribution in [0.25, 0.3) is 0 Å². The first-order chi connectivity index (χ1) is 11.9. The number of rotatable bonds is 8. The average molecular weight is 494 g/mol. The van der Waals surface area contributed by atoms with Crippen LogP contribution < -0.4 is 15.4 Å². The van der Waals surface area contributed by atoms with Crippen LogP contribution in [-0.2, 0) is 22.3 Å². The Morgan fingerprint density at radius 2 is 1.92 bits per heavy atom. The molecule has 6 nitrogen and oxygen atoms in total. The Kier molecular flexibility index (Phi) is 9.32. The number of sulfonamides is 1. The number of nitrogens with zero attached hydrogens (tertiary/aromatic N) is 1. The first kappa shape index (κ1) is 23.2. The molecule has 0 saturated heterocycles. The highest BCUT2D eigenvalue weighted by molar-refractivity contribution is 14.0. The number of aliphatic imine (C=N–C) groups is 1. The zero-order chi connectivity index (χ0) is 18.3. The van der Waals surface area contributed by atoms with Crippen LogP contribution in [0.3, 0.4) is 0 Å². The third-order valence-corrected chi connectivity index (χ3v) is 6.47. The van der Waals surface area contributed by atoms with Crippen LogP contribution in [0, 0.1) is 5.41 Å². The van der Waals surface area contributed by atoms with E-state index in [1.54, 1.807) is 7.05 Å². The maximum absolute atomic E-state index is 11.7. The Morgan fingerprint density at radius 3 is 2.46 bits per heavy atom. The molecular formula is C18H31IN4O2S. The topological polar surface area (TPSA) is 82.6 Å². The van der Waals surface area contributed by atoms with Crippen LogP contribution in [0.2, 0.25) is 0 Å². The first-order valence-electron chi connectivity index (χ1n) is 8.85. The van der Waals surface area contributed by atoms with E-state index in [2.05, 4.69) is 27.3 Å². The predicted molar refractivity (Wildman–Crippen MR) is 118 cm³/mol. The average Bonchev–Trinajstić information content (AvgIpc) is 2.57. The van der Waals surface area contributed by atoms with E-state index in [0.717, 1.165) is 23.6 Å². The van der Waals surface area contributed by atoms with Gasteiger partial charge in [-0.1, -0.05) is 37.6 Å². The van der Waals surface area contributed by atoms with E-state index < -0.39 is 10.0 Å². The van der Waals surface area contributed by atoms with Crippen molar-refractivity contribution in [3.63, 3.8) is 0 Å². The fraction of sp³-hybridized carbons (Fsp3) is 0.611. The molecule has 1 saturated carbocycles. The van der Waals surface area contributed by atoms with Gasteiger partial charge in [0.15, 0.2) is 5.96 Å². The Balaban J connectivity index is 0.00000338. The molecule has 0 unspecified atom stereocenters. The number of halogens is 1. The van der Waals surface area contributed by atoms with Crippen molar-refractivity contribution in [2.75, 3.05) is 20.6 Å². The lowest BCUT2D eigenvalue weighted by Crippen LogP contribution is -2.46. The normalized spacial score (nSPS) is 16.3. The van der Waals surface area contributed by atoms with Crippen molar-refractivity contribution in [2.24, 2.45) is 10.4 Å². The Morgan fingerprint density at radius 1 is 1.23 bits per heavy atom. The Bertz CT molecular complexity index is 697. The van der Waals surface area contributed by atoms with Crippen LogP contribution in [0.15, 0.2) is 29.3 Å². The van der Waals surface area contributed by atoms with Crippen molar-refractivity contribution < 1.29 is 8.42 Å². The highest BCUT2D eigenvalue weighted by atomic mass is 127. The SMILES string of the molecule is CCC1(CNC(=NC)NCc2cccc(CS(=O)(=O)NC)c2)CCC1.I. The van der Waals surface area contributed by atoms with Crippen molar-refractivity contribution in [3.8, 4) is 0 Å². The summed E-state index contributed by atoms with van der Waals surface area (Å²) in [5, 5.41) is 6.74. The summed E-state index contributed by atoms with van der Waals surface area (Å²) in [6.07, 6.45) is 5.09. The molecule has 0 atom stereocenters. The van der Waals surface area contributed by atoms with Gasteiger partial charge in [0.1, 0.15) is 0 Å². The van der Waals surface area contributed by atoms with E-state index >= 15 is 0 Å². The summed E-state index contributed by atoms with van der Waals surface area (Å²) < 4.78 is 25.7. The van der Waals surface area contributed by atoms with Crippen LogP contribution in [0.1, 0.15) is 43.7 Å². The highest BCUT2D eigenvalue weighted by Gasteiger charge is 2.34. The molecule has 1 aliphatic rings. The van der Waals surface area contributed by atoms with Gasteiger partial charge in [0, 0.05) is 20.1 Å². The molecule has 2 rings (SSSR count). The third-order valence-electron chi connectivity index (χ3n) is 5.14. The van der Waals surface area contributed by atoms with Crippen molar-refractivity contribution in [1.82, 2.24) is 15.4 Å². The fourth-order valence-electron chi connectivity index (χ4n) is 3.13. The monoisotopic (exact) mass is 494 g/mol. The molecule has 148 valence electrons. The van der Waals surface area contributed by atoms with Gasteiger partial charge in [0.05, 0.1) is 5.75 Å². The number of hydrogen-bond acceptors (Lipinski definition) is 3. The quantitative estimate of drug-likeness (QED) is 0.295.